The van der Waals surface area contributed by atoms with Gasteiger partial charge in [-0.3, -0.25) is 0 Å². The SMILES string of the molecule is CSC1(CN[C@@H]2CCCC[C@H]2O)CCCC1. The van der Waals surface area contributed by atoms with E-state index in [1.807, 2.05) is 11.8 Å². The average molecular weight is 243 g/mol. The molecule has 0 unspecified atom stereocenters. The number of rotatable bonds is 4. The van der Waals surface area contributed by atoms with E-state index in [-0.39, 0.29) is 6.10 Å². The van der Waals surface area contributed by atoms with Gasteiger partial charge in [0.2, 0.25) is 0 Å². The maximum absolute atomic E-state index is 9.93. The van der Waals surface area contributed by atoms with Gasteiger partial charge in [0.25, 0.3) is 0 Å². The Morgan fingerprint density at radius 2 is 1.88 bits per heavy atom. The zero-order valence-electron chi connectivity index (χ0n) is 10.4. The lowest BCUT2D eigenvalue weighted by molar-refractivity contribution is 0.0898. The molecule has 2 atom stereocenters. The number of hydrogen-bond acceptors (Lipinski definition) is 3. The lowest BCUT2D eigenvalue weighted by Gasteiger charge is -2.34. The van der Waals surface area contributed by atoms with E-state index in [0.717, 1.165) is 19.4 Å². The molecule has 2 aliphatic carbocycles. The summed E-state index contributed by atoms with van der Waals surface area (Å²) in [6.07, 6.45) is 12.2. The molecule has 2 nitrogen and oxygen atoms in total. The highest BCUT2D eigenvalue weighted by atomic mass is 32.2. The zero-order valence-corrected chi connectivity index (χ0v) is 11.2. The summed E-state index contributed by atoms with van der Waals surface area (Å²) in [5.74, 6) is 0. The lowest BCUT2D eigenvalue weighted by Crippen LogP contribution is -2.47. The Morgan fingerprint density at radius 1 is 1.19 bits per heavy atom. The first kappa shape index (κ1) is 12.7. The van der Waals surface area contributed by atoms with E-state index in [1.54, 1.807) is 0 Å². The Balaban J connectivity index is 1.80. The molecule has 16 heavy (non-hydrogen) atoms. The smallest absolute Gasteiger partial charge is 0.0693 e. The third kappa shape index (κ3) is 2.93. The van der Waals surface area contributed by atoms with Gasteiger partial charge in [0.05, 0.1) is 6.10 Å². The van der Waals surface area contributed by atoms with Crippen LogP contribution in [-0.4, -0.2) is 34.8 Å². The van der Waals surface area contributed by atoms with Gasteiger partial charge < -0.3 is 10.4 Å². The Bertz CT molecular complexity index is 216. The highest BCUT2D eigenvalue weighted by molar-refractivity contribution is 8.00. The molecule has 0 aliphatic heterocycles. The maximum Gasteiger partial charge on any atom is 0.0693 e. The molecule has 0 aromatic carbocycles. The Hall–Kier alpha value is 0.270. The minimum Gasteiger partial charge on any atom is -0.392 e. The topological polar surface area (TPSA) is 32.3 Å². The van der Waals surface area contributed by atoms with E-state index < -0.39 is 0 Å². The molecule has 94 valence electrons. The van der Waals surface area contributed by atoms with Crippen LogP contribution in [0.25, 0.3) is 0 Å². The van der Waals surface area contributed by atoms with Crippen LogP contribution in [0.1, 0.15) is 51.4 Å². The number of nitrogens with one attached hydrogen (secondary N) is 1. The first-order valence-electron chi connectivity index (χ1n) is 6.72. The molecule has 0 saturated heterocycles. The highest BCUT2D eigenvalue weighted by Gasteiger charge is 2.34. The summed E-state index contributed by atoms with van der Waals surface area (Å²) in [5, 5.41) is 13.6. The predicted molar refractivity (Wildman–Crippen MR) is 71.0 cm³/mol. The van der Waals surface area contributed by atoms with Gasteiger partial charge in [-0.05, 0) is 31.9 Å². The van der Waals surface area contributed by atoms with Gasteiger partial charge in [-0.25, -0.2) is 0 Å². The fourth-order valence-electron chi connectivity index (χ4n) is 3.14. The molecular formula is C13H25NOS. The van der Waals surface area contributed by atoms with Crippen molar-refractivity contribution in [2.24, 2.45) is 0 Å². The predicted octanol–water partition coefficient (Wildman–Crippen LogP) is 2.56. The fourth-order valence-corrected chi connectivity index (χ4v) is 4.06. The lowest BCUT2D eigenvalue weighted by atomic mass is 9.92. The molecule has 0 heterocycles. The van der Waals surface area contributed by atoms with Crippen molar-refractivity contribution < 1.29 is 5.11 Å². The third-order valence-corrected chi connectivity index (χ3v) is 5.78. The standard InChI is InChI=1S/C13H25NOS/c1-16-13(8-4-5-9-13)10-14-11-6-2-3-7-12(11)15/h11-12,14-15H,2-10H2,1H3/t11-,12-/m1/s1. The monoisotopic (exact) mass is 243 g/mol. The van der Waals surface area contributed by atoms with Gasteiger partial charge in [-0.15, -0.1) is 0 Å². The summed E-state index contributed by atoms with van der Waals surface area (Å²) in [6, 6.07) is 0.360. The van der Waals surface area contributed by atoms with Crippen LogP contribution in [0.4, 0.5) is 0 Å². The van der Waals surface area contributed by atoms with Crippen molar-refractivity contribution in [1.29, 1.82) is 0 Å². The zero-order chi connectivity index (χ0) is 11.4. The van der Waals surface area contributed by atoms with Crippen molar-refractivity contribution in [3.05, 3.63) is 0 Å². The van der Waals surface area contributed by atoms with Crippen LogP contribution in [0.2, 0.25) is 0 Å². The second kappa shape index (κ2) is 5.74. The molecule has 0 aromatic rings. The molecule has 2 aliphatic rings. The van der Waals surface area contributed by atoms with Crippen molar-refractivity contribution in [3.8, 4) is 0 Å². The number of hydrogen-bond donors (Lipinski definition) is 2. The molecule has 0 spiro atoms. The first-order chi connectivity index (χ1) is 7.76. The van der Waals surface area contributed by atoms with Crippen LogP contribution < -0.4 is 5.32 Å². The van der Waals surface area contributed by atoms with E-state index >= 15 is 0 Å². The minimum absolute atomic E-state index is 0.103. The van der Waals surface area contributed by atoms with Crippen molar-refractivity contribution in [2.45, 2.75) is 68.3 Å². The highest BCUT2D eigenvalue weighted by Crippen LogP contribution is 2.39. The largest absolute Gasteiger partial charge is 0.392 e. The molecule has 0 amide bonds. The van der Waals surface area contributed by atoms with Crippen LogP contribution in [0, 0.1) is 0 Å². The van der Waals surface area contributed by atoms with Gasteiger partial charge in [-0.1, -0.05) is 25.7 Å². The van der Waals surface area contributed by atoms with E-state index in [0.29, 0.717) is 10.8 Å². The van der Waals surface area contributed by atoms with Crippen LogP contribution in [0.15, 0.2) is 0 Å². The molecule has 3 heteroatoms. The minimum atomic E-state index is -0.103. The van der Waals surface area contributed by atoms with Crippen LogP contribution in [0.3, 0.4) is 0 Å². The second-order valence-corrected chi connectivity index (χ2v) is 6.71. The summed E-state index contributed by atoms with van der Waals surface area (Å²) in [7, 11) is 0. The average Bonchev–Trinajstić information content (AvgIpc) is 2.78. The number of aliphatic hydroxyl groups excluding tert-OH is 1. The van der Waals surface area contributed by atoms with E-state index in [4.69, 9.17) is 0 Å². The molecule has 2 N–H and O–H groups in total. The molecule has 0 aromatic heterocycles. The second-order valence-electron chi connectivity index (χ2n) is 5.43. The molecule has 0 radical (unpaired) electrons. The van der Waals surface area contributed by atoms with E-state index in [1.165, 1.54) is 38.5 Å². The van der Waals surface area contributed by atoms with Crippen molar-refractivity contribution in [3.63, 3.8) is 0 Å². The Kier molecular flexibility index (Phi) is 4.57. The van der Waals surface area contributed by atoms with Gasteiger partial charge in [0.1, 0.15) is 0 Å². The van der Waals surface area contributed by atoms with Crippen LogP contribution >= 0.6 is 11.8 Å². The maximum atomic E-state index is 9.93. The van der Waals surface area contributed by atoms with E-state index in [9.17, 15) is 5.11 Å². The summed E-state index contributed by atoms with van der Waals surface area (Å²) in [4.78, 5) is 0. The van der Waals surface area contributed by atoms with Gasteiger partial charge in [0, 0.05) is 17.3 Å². The first-order valence-corrected chi connectivity index (χ1v) is 7.95. The van der Waals surface area contributed by atoms with Crippen molar-refractivity contribution >= 4 is 11.8 Å². The molecular weight excluding hydrogens is 218 g/mol. The van der Waals surface area contributed by atoms with Crippen molar-refractivity contribution in [2.75, 3.05) is 12.8 Å². The number of aliphatic hydroxyl groups is 1. The van der Waals surface area contributed by atoms with Gasteiger partial charge >= 0.3 is 0 Å². The number of thioether (sulfide) groups is 1. The fraction of sp³-hybridized carbons (Fsp3) is 1.00. The van der Waals surface area contributed by atoms with Gasteiger partial charge in [0.15, 0.2) is 0 Å². The molecule has 0 bridgehead atoms. The summed E-state index contributed by atoms with van der Waals surface area (Å²) in [5.41, 5.74) is 0. The Labute approximate surface area is 104 Å². The summed E-state index contributed by atoms with van der Waals surface area (Å²) < 4.78 is 0.469. The van der Waals surface area contributed by atoms with E-state index in [2.05, 4.69) is 11.6 Å². The summed E-state index contributed by atoms with van der Waals surface area (Å²) >= 11 is 2.03. The Morgan fingerprint density at radius 3 is 2.50 bits per heavy atom. The molecule has 2 rings (SSSR count). The molecule has 2 fully saturated rings. The quantitative estimate of drug-likeness (QED) is 0.796. The van der Waals surface area contributed by atoms with Crippen molar-refractivity contribution in [1.82, 2.24) is 5.32 Å². The molecule has 2 saturated carbocycles. The van der Waals surface area contributed by atoms with Crippen LogP contribution in [-0.2, 0) is 0 Å². The summed E-state index contributed by atoms with van der Waals surface area (Å²) in [6.45, 7) is 1.09. The van der Waals surface area contributed by atoms with Gasteiger partial charge in [-0.2, -0.15) is 11.8 Å². The van der Waals surface area contributed by atoms with Crippen LogP contribution in [0.5, 0.6) is 0 Å². The normalized spacial score (nSPS) is 34.1. The third-order valence-electron chi connectivity index (χ3n) is 4.36.